The molecule has 0 aliphatic carbocycles. The van der Waals surface area contributed by atoms with Crippen molar-refractivity contribution in [1.82, 2.24) is 4.57 Å². The highest BCUT2D eigenvalue weighted by Gasteiger charge is 2.13. The van der Waals surface area contributed by atoms with Crippen molar-refractivity contribution in [2.75, 3.05) is 0 Å². The van der Waals surface area contributed by atoms with Gasteiger partial charge in [-0.2, -0.15) is 0 Å². The molecule has 3 rings (SSSR count). The van der Waals surface area contributed by atoms with Crippen LogP contribution in [0.5, 0.6) is 0 Å². The van der Waals surface area contributed by atoms with Gasteiger partial charge in [-0.25, -0.2) is 0 Å². The molecule has 0 aliphatic rings. The second-order valence-electron chi connectivity index (χ2n) is 8.49. The summed E-state index contributed by atoms with van der Waals surface area (Å²) in [5.41, 5.74) is 3.41. The van der Waals surface area contributed by atoms with Gasteiger partial charge < -0.3 is 4.57 Å². The Morgan fingerprint density at radius 3 is 2.35 bits per heavy atom. The number of para-hydroxylation sites is 1. The molecule has 3 aromatic rings. The second-order valence-corrected chi connectivity index (χ2v) is 8.49. The van der Waals surface area contributed by atoms with E-state index < -0.39 is 0 Å². The smallest absolute Gasteiger partial charge is 0.144 e. The van der Waals surface area contributed by atoms with Gasteiger partial charge in [0.2, 0.25) is 0 Å². The lowest BCUT2D eigenvalue weighted by molar-refractivity contribution is -0.126. The molecule has 0 unspecified atom stereocenters. The number of Topliss-reactive ketones (excluding diaryl/α,β-unsaturated/α-hetero) is 2. The number of fused-ring (bicyclic) bond motifs is 3. The number of allylic oxidation sites excluding steroid dienone is 1. The number of hydrogen-bond donors (Lipinski definition) is 0. The summed E-state index contributed by atoms with van der Waals surface area (Å²) in [6.07, 6.45) is 10.8. The maximum absolute atomic E-state index is 12.5. The predicted octanol–water partition coefficient (Wildman–Crippen LogP) is 7.19. The Hall–Kier alpha value is -2.68. The van der Waals surface area contributed by atoms with Crippen LogP contribution >= 0.6 is 0 Å². The highest BCUT2D eigenvalue weighted by atomic mass is 16.1. The van der Waals surface area contributed by atoms with Crippen molar-refractivity contribution < 1.29 is 9.59 Å². The first kappa shape index (κ1) is 23.0. The molecule has 3 heteroatoms. The Morgan fingerprint density at radius 1 is 0.871 bits per heavy atom. The highest BCUT2D eigenvalue weighted by Crippen LogP contribution is 2.29. The third-order valence-corrected chi connectivity index (χ3v) is 6.06. The third-order valence-electron chi connectivity index (χ3n) is 6.06. The van der Waals surface area contributed by atoms with Gasteiger partial charge in [-0.3, -0.25) is 9.59 Å². The van der Waals surface area contributed by atoms with E-state index in [0.717, 1.165) is 31.4 Å². The van der Waals surface area contributed by atoms with Gasteiger partial charge in [-0.05, 0) is 49.9 Å². The third kappa shape index (κ3) is 6.16. The number of carbonyl (C=O) groups is 2. The first-order valence-corrected chi connectivity index (χ1v) is 11.8. The van der Waals surface area contributed by atoms with Crippen molar-refractivity contribution in [2.24, 2.45) is 0 Å². The molecule has 1 heterocycles. The van der Waals surface area contributed by atoms with Crippen molar-refractivity contribution in [3.63, 3.8) is 0 Å². The molecule has 0 saturated heterocycles. The van der Waals surface area contributed by atoms with Crippen LogP contribution in [0.2, 0.25) is 0 Å². The maximum atomic E-state index is 12.5. The maximum Gasteiger partial charge on any atom is 0.144 e. The standard InChI is InChI=1S/C28H35NO2/c1-3-5-6-7-8-9-10-11-14-23(30)21-24(31)19-22-17-18-28-26(20-22)25-15-12-13-16-27(25)29(28)4-2/h3,12-13,15-18,20H,1,4-11,14,19,21H2,2H3. The Morgan fingerprint density at radius 2 is 1.58 bits per heavy atom. The van der Waals surface area contributed by atoms with Gasteiger partial charge in [0.25, 0.3) is 0 Å². The molecule has 0 aliphatic heterocycles. The molecule has 1 aromatic heterocycles. The molecule has 0 bridgehead atoms. The lowest BCUT2D eigenvalue weighted by Crippen LogP contribution is -2.10. The van der Waals surface area contributed by atoms with Crippen LogP contribution in [0.3, 0.4) is 0 Å². The number of carbonyl (C=O) groups excluding carboxylic acids is 2. The van der Waals surface area contributed by atoms with Gasteiger partial charge in [0.05, 0.1) is 6.42 Å². The Labute approximate surface area is 186 Å². The number of hydrogen-bond acceptors (Lipinski definition) is 2. The molecular formula is C28H35NO2. The largest absolute Gasteiger partial charge is 0.341 e. The van der Waals surface area contributed by atoms with Crippen molar-refractivity contribution >= 4 is 33.4 Å². The first-order valence-electron chi connectivity index (χ1n) is 11.8. The van der Waals surface area contributed by atoms with Gasteiger partial charge in [0, 0.05) is 41.2 Å². The monoisotopic (exact) mass is 417 g/mol. The number of benzene rings is 2. The number of nitrogens with zero attached hydrogens (tertiary/aromatic N) is 1. The number of rotatable bonds is 14. The minimum absolute atomic E-state index is 0.0213. The summed E-state index contributed by atoms with van der Waals surface area (Å²) in [5, 5.41) is 2.40. The van der Waals surface area contributed by atoms with Crippen LogP contribution in [0.25, 0.3) is 21.8 Å². The van der Waals surface area contributed by atoms with Crippen molar-refractivity contribution in [2.45, 2.75) is 77.7 Å². The SMILES string of the molecule is C=CCCCCCCCCC(=O)CC(=O)Cc1ccc2c(c1)c1ccccc1n2CC. The number of aryl methyl sites for hydroxylation is 1. The lowest BCUT2D eigenvalue weighted by Gasteiger charge is -2.05. The summed E-state index contributed by atoms with van der Waals surface area (Å²) in [7, 11) is 0. The minimum Gasteiger partial charge on any atom is -0.341 e. The van der Waals surface area contributed by atoms with Crippen LogP contribution in [0, 0.1) is 0 Å². The van der Waals surface area contributed by atoms with Crippen LogP contribution in [-0.2, 0) is 22.6 Å². The minimum atomic E-state index is 0.0213. The van der Waals surface area contributed by atoms with Gasteiger partial charge in [-0.15, -0.1) is 6.58 Å². The summed E-state index contributed by atoms with van der Waals surface area (Å²) in [4.78, 5) is 24.7. The molecule has 3 nitrogen and oxygen atoms in total. The van der Waals surface area contributed by atoms with E-state index in [1.165, 1.54) is 47.5 Å². The number of ketones is 2. The predicted molar refractivity (Wildman–Crippen MR) is 131 cm³/mol. The Bertz CT molecular complexity index is 1040. The zero-order valence-corrected chi connectivity index (χ0v) is 18.9. The van der Waals surface area contributed by atoms with Crippen LogP contribution in [0.1, 0.15) is 70.3 Å². The van der Waals surface area contributed by atoms with Crippen LogP contribution in [-0.4, -0.2) is 16.1 Å². The topological polar surface area (TPSA) is 39.1 Å². The fourth-order valence-corrected chi connectivity index (χ4v) is 4.47. The van der Waals surface area contributed by atoms with E-state index in [2.05, 4.69) is 54.5 Å². The quantitative estimate of drug-likeness (QED) is 0.158. The molecule has 0 fully saturated rings. The summed E-state index contributed by atoms with van der Waals surface area (Å²) >= 11 is 0. The van der Waals surface area contributed by atoms with E-state index in [0.29, 0.717) is 12.8 Å². The molecule has 0 saturated carbocycles. The van der Waals surface area contributed by atoms with E-state index in [9.17, 15) is 9.59 Å². The molecule has 164 valence electrons. The van der Waals surface area contributed by atoms with E-state index >= 15 is 0 Å². The summed E-state index contributed by atoms with van der Waals surface area (Å²) in [6, 6.07) is 14.7. The Balaban J connectivity index is 1.49. The van der Waals surface area contributed by atoms with E-state index in [1.54, 1.807) is 0 Å². The van der Waals surface area contributed by atoms with Crippen LogP contribution < -0.4 is 0 Å². The average molecular weight is 418 g/mol. The molecule has 0 radical (unpaired) electrons. The highest BCUT2D eigenvalue weighted by molar-refractivity contribution is 6.08. The number of unbranched alkanes of at least 4 members (excludes halogenated alkanes) is 6. The summed E-state index contributed by atoms with van der Waals surface area (Å²) in [6.45, 7) is 6.80. The molecule has 2 aromatic carbocycles. The lowest BCUT2D eigenvalue weighted by atomic mass is 10.0. The summed E-state index contributed by atoms with van der Waals surface area (Å²) < 4.78 is 2.30. The molecule has 31 heavy (non-hydrogen) atoms. The van der Waals surface area contributed by atoms with Gasteiger partial charge in [0.15, 0.2) is 0 Å². The van der Waals surface area contributed by atoms with Crippen molar-refractivity contribution in [1.29, 1.82) is 0 Å². The zero-order valence-electron chi connectivity index (χ0n) is 18.9. The van der Waals surface area contributed by atoms with Crippen LogP contribution in [0.15, 0.2) is 55.1 Å². The van der Waals surface area contributed by atoms with E-state index in [1.807, 2.05) is 12.1 Å². The van der Waals surface area contributed by atoms with Crippen LogP contribution in [0.4, 0.5) is 0 Å². The average Bonchev–Trinajstić information content (AvgIpc) is 3.08. The number of aromatic nitrogens is 1. The Kier molecular flexibility index (Phi) is 8.63. The molecule has 0 amide bonds. The summed E-state index contributed by atoms with van der Waals surface area (Å²) in [5.74, 6) is 0.105. The molecule has 0 spiro atoms. The van der Waals surface area contributed by atoms with Gasteiger partial charge in [-0.1, -0.05) is 56.0 Å². The van der Waals surface area contributed by atoms with Crippen molar-refractivity contribution in [3.8, 4) is 0 Å². The van der Waals surface area contributed by atoms with Gasteiger partial charge >= 0.3 is 0 Å². The normalized spacial score (nSPS) is 11.3. The first-order chi connectivity index (χ1) is 15.1. The van der Waals surface area contributed by atoms with E-state index in [-0.39, 0.29) is 18.0 Å². The van der Waals surface area contributed by atoms with Crippen molar-refractivity contribution in [3.05, 3.63) is 60.7 Å². The molecule has 0 atom stereocenters. The molecular weight excluding hydrogens is 382 g/mol. The molecule has 0 N–H and O–H groups in total. The van der Waals surface area contributed by atoms with Gasteiger partial charge in [0.1, 0.15) is 11.6 Å². The fraction of sp³-hybridized carbons (Fsp3) is 0.429. The zero-order chi connectivity index (χ0) is 22.1. The second kappa shape index (κ2) is 11.6. The van der Waals surface area contributed by atoms with E-state index in [4.69, 9.17) is 0 Å². The fourth-order valence-electron chi connectivity index (χ4n) is 4.47.